The number of aromatic nitrogens is 4. The number of aliphatic hydroxyl groups excluding tert-OH is 2. The Kier molecular flexibility index (Phi) is 3.35. The number of nitrogens with zero attached hydrogens (tertiary/aromatic N) is 3. The molecule has 2 aromatic rings. The Bertz CT molecular complexity index is 716. The maximum Gasteiger partial charge on any atom is 0.280 e. The predicted octanol–water partition coefficient (Wildman–Crippen LogP) is -1.46. The SMILES string of the molecule is Nc1nc2c(ncn2C2O[C@H](CO)[C@@H](CF)[C@H]2O)c(=O)[nH]1. The monoisotopic (exact) mass is 299 g/mol. The van der Waals surface area contributed by atoms with Crippen LogP contribution >= 0.6 is 0 Å². The third kappa shape index (κ3) is 2.07. The van der Waals surface area contributed by atoms with Crippen LogP contribution in [0.3, 0.4) is 0 Å². The van der Waals surface area contributed by atoms with Gasteiger partial charge in [-0.25, -0.2) is 4.98 Å². The number of alkyl halides is 1. The van der Waals surface area contributed by atoms with E-state index in [2.05, 4.69) is 15.0 Å². The van der Waals surface area contributed by atoms with Gasteiger partial charge < -0.3 is 20.7 Å². The number of fused-ring (bicyclic) bond motifs is 1. The highest BCUT2D eigenvalue weighted by Crippen LogP contribution is 2.35. The maximum absolute atomic E-state index is 13.0. The van der Waals surface area contributed by atoms with Crippen molar-refractivity contribution in [2.45, 2.75) is 18.4 Å². The summed E-state index contributed by atoms with van der Waals surface area (Å²) in [7, 11) is 0. The molecule has 0 amide bonds. The standard InChI is InChI=1S/C11H14FN5O4/c12-1-4-5(2-18)21-10(7(4)19)17-3-14-6-8(17)15-11(13)16-9(6)20/h3-5,7,10,18-19H,1-2H2,(H3,13,15,16,20)/t4-,5-,7-,10?/m1/s1. The van der Waals surface area contributed by atoms with Crippen molar-refractivity contribution >= 4 is 17.1 Å². The molecule has 3 heterocycles. The van der Waals surface area contributed by atoms with Gasteiger partial charge in [-0.1, -0.05) is 0 Å². The molecule has 114 valence electrons. The van der Waals surface area contributed by atoms with Crippen LogP contribution in [0.5, 0.6) is 0 Å². The Hall–Kier alpha value is -2.04. The lowest BCUT2D eigenvalue weighted by Gasteiger charge is -2.17. The molecule has 3 rings (SSSR count). The first-order valence-corrected chi connectivity index (χ1v) is 6.29. The van der Waals surface area contributed by atoms with E-state index in [-0.39, 0.29) is 17.1 Å². The van der Waals surface area contributed by atoms with E-state index in [1.54, 1.807) is 0 Å². The van der Waals surface area contributed by atoms with Crippen LogP contribution in [-0.2, 0) is 4.74 Å². The lowest BCUT2D eigenvalue weighted by atomic mass is 10.0. The van der Waals surface area contributed by atoms with Gasteiger partial charge in [0.2, 0.25) is 5.95 Å². The average Bonchev–Trinajstić information content (AvgIpc) is 2.99. The van der Waals surface area contributed by atoms with Crippen molar-refractivity contribution in [1.82, 2.24) is 19.5 Å². The summed E-state index contributed by atoms with van der Waals surface area (Å²) in [5, 5.41) is 19.3. The van der Waals surface area contributed by atoms with Gasteiger partial charge >= 0.3 is 0 Å². The molecule has 1 saturated heterocycles. The number of nitrogens with one attached hydrogen (secondary N) is 1. The highest BCUT2D eigenvalue weighted by atomic mass is 19.1. The number of rotatable bonds is 3. The minimum atomic E-state index is -1.20. The van der Waals surface area contributed by atoms with Crippen LogP contribution in [0.15, 0.2) is 11.1 Å². The molecule has 1 aliphatic heterocycles. The Morgan fingerprint density at radius 3 is 2.95 bits per heavy atom. The summed E-state index contributed by atoms with van der Waals surface area (Å²) < 4.78 is 19.7. The first-order valence-electron chi connectivity index (χ1n) is 6.29. The molecule has 0 spiro atoms. The number of aliphatic hydroxyl groups is 2. The summed E-state index contributed by atoms with van der Waals surface area (Å²) in [5.41, 5.74) is 5.11. The maximum atomic E-state index is 13.0. The zero-order valence-electron chi connectivity index (χ0n) is 10.8. The van der Waals surface area contributed by atoms with E-state index in [0.29, 0.717) is 0 Å². The molecule has 0 saturated carbocycles. The molecule has 1 unspecified atom stereocenters. The Balaban J connectivity index is 2.07. The third-order valence-electron chi connectivity index (χ3n) is 3.61. The minimum Gasteiger partial charge on any atom is -0.394 e. The second kappa shape index (κ2) is 5.06. The molecule has 21 heavy (non-hydrogen) atoms. The summed E-state index contributed by atoms with van der Waals surface area (Å²) in [6, 6.07) is 0. The van der Waals surface area contributed by atoms with E-state index in [1.807, 2.05) is 0 Å². The second-order valence-corrected chi connectivity index (χ2v) is 4.83. The van der Waals surface area contributed by atoms with Gasteiger partial charge in [0.05, 0.1) is 25.7 Å². The van der Waals surface area contributed by atoms with Crippen LogP contribution in [0.4, 0.5) is 10.3 Å². The van der Waals surface area contributed by atoms with E-state index in [9.17, 15) is 19.4 Å². The molecule has 1 fully saturated rings. The molecule has 0 aromatic carbocycles. The van der Waals surface area contributed by atoms with Gasteiger partial charge in [-0.3, -0.25) is 18.7 Å². The second-order valence-electron chi connectivity index (χ2n) is 4.83. The highest BCUT2D eigenvalue weighted by molar-refractivity contribution is 5.70. The van der Waals surface area contributed by atoms with Crippen LogP contribution in [0.2, 0.25) is 0 Å². The Morgan fingerprint density at radius 2 is 2.33 bits per heavy atom. The fourth-order valence-electron chi connectivity index (χ4n) is 2.52. The molecule has 0 bridgehead atoms. The van der Waals surface area contributed by atoms with Gasteiger partial charge in [0.1, 0.15) is 6.10 Å². The van der Waals surface area contributed by atoms with Crippen LogP contribution < -0.4 is 11.3 Å². The van der Waals surface area contributed by atoms with Gasteiger partial charge in [0.25, 0.3) is 5.56 Å². The lowest BCUT2D eigenvalue weighted by Crippen LogP contribution is -2.29. The van der Waals surface area contributed by atoms with Crippen molar-refractivity contribution in [2.75, 3.05) is 19.0 Å². The molecule has 1 aliphatic rings. The van der Waals surface area contributed by atoms with E-state index < -0.39 is 43.2 Å². The first kappa shape index (κ1) is 13.9. The minimum absolute atomic E-state index is 0.0317. The molecule has 4 atom stereocenters. The lowest BCUT2D eigenvalue weighted by molar-refractivity contribution is -0.0494. The van der Waals surface area contributed by atoms with Crippen molar-refractivity contribution in [2.24, 2.45) is 5.92 Å². The smallest absolute Gasteiger partial charge is 0.280 e. The summed E-state index contributed by atoms with van der Waals surface area (Å²) >= 11 is 0. The fourth-order valence-corrected chi connectivity index (χ4v) is 2.52. The number of nitrogens with two attached hydrogens (primary N) is 1. The van der Waals surface area contributed by atoms with E-state index in [4.69, 9.17) is 10.5 Å². The molecular weight excluding hydrogens is 285 g/mol. The van der Waals surface area contributed by atoms with E-state index in [1.165, 1.54) is 10.9 Å². The number of H-pyrrole nitrogens is 1. The van der Waals surface area contributed by atoms with Crippen molar-refractivity contribution in [1.29, 1.82) is 0 Å². The fraction of sp³-hybridized carbons (Fsp3) is 0.545. The molecular formula is C11H14FN5O4. The Morgan fingerprint density at radius 1 is 1.57 bits per heavy atom. The third-order valence-corrected chi connectivity index (χ3v) is 3.61. The van der Waals surface area contributed by atoms with Crippen molar-refractivity contribution < 1.29 is 19.3 Å². The number of anilines is 1. The molecule has 5 N–H and O–H groups in total. The summed E-state index contributed by atoms with van der Waals surface area (Å²) in [6.45, 7) is -1.27. The van der Waals surface area contributed by atoms with Crippen molar-refractivity contribution in [3.8, 4) is 0 Å². The largest absolute Gasteiger partial charge is 0.394 e. The molecule has 10 heteroatoms. The Labute approximate surface area is 117 Å². The number of aromatic amines is 1. The van der Waals surface area contributed by atoms with Gasteiger partial charge in [0.15, 0.2) is 17.4 Å². The molecule has 9 nitrogen and oxygen atoms in total. The van der Waals surface area contributed by atoms with E-state index in [0.717, 1.165) is 0 Å². The molecule has 2 aromatic heterocycles. The number of ether oxygens (including phenoxy) is 1. The zero-order valence-corrected chi connectivity index (χ0v) is 10.8. The highest BCUT2D eigenvalue weighted by Gasteiger charge is 2.44. The van der Waals surface area contributed by atoms with Crippen LogP contribution in [-0.4, -0.2) is 55.2 Å². The zero-order chi connectivity index (χ0) is 15.1. The van der Waals surface area contributed by atoms with Gasteiger partial charge in [-0.2, -0.15) is 4.98 Å². The number of hydrogen-bond donors (Lipinski definition) is 4. The van der Waals surface area contributed by atoms with Crippen LogP contribution in [0.25, 0.3) is 11.2 Å². The number of hydrogen-bond acceptors (Lipinski definition) is 7. The normalized spacial score (nSPS) is 29.3. The van der Waals surface area contributed by atoms with Crippen molar-refractivity contribution in [3.05, 3.63) is 16.7 Å². The van der Waals surface area contributed by atoms with E-state index >= 15 is 0 Å². The number of imidazole rings is 1. The average molecular weight is 299 g/mol. The predicted molar refractivity (Wildman–Crippen MR) is 69.0 cm³/mol. The summed E-state index contributed by atoms with van der Waals surface area (Å²) in [4.78, 5) is 21.8. The van der Waals surface area contributed by atoms with Crippen LogP contribution in [0, 0.1) is 5.92 Å². The quantitative estimate of drug-likeness (QED) is 0.543. The summed E-state index contributed by atoms with van der Waals surface area (Å²) in [5.74, 6) is -0.973. The van der Waals surface area contributed by atoms with Gasteiger partial charge in [0, 0.05) is 5.92 Å². The van der Waals surface area contributed by atoms with Crippen molar-refractivity contribution in [3.63, 3.8) is 0 Å². The molecule has 0 aliphatic carbocycles. The van der Waals surface area contributed by atoms with Crippen LogP contribution in [0.1, 0.15) is 6.23 Å². The topological polar surface area (TPSA) is 139 Å². The molecule has 0 radical (unpaired) electrons. The summed E-state index contributed by atoms with van der Waals surface area (Å²) in [6.07, 6.45) is -1.78. The van der Waals surface area contributed by atoms with Gasteiger partial charge in [-0.05, 0) is 0 Å². The first-order chi connectivity index (χ1) is 10.1. The number of halogens is 1. The van der Waals surface area contributed by atoms with Gasteiger partial charge in [-0.15, -0.1) is 0 Å². The number of nitrogen functional groups attached to an aromatic ring is 1.